The Bertz CT molecular complexity index is 154. The maximum Gasteiger partial charge on any atom is 0.0499 e. The molecule has 0 radical (unpaired) electrons. The molecule has 1 rings (SSSR count). The standard InChI is InChI=1S/C12H25NO/c1-4-5-12(6-7-12)10-13-8-11(2)9-14-3/h11,13H,4-10H2,1-3H3. The molecule has 1 saturated carbocycles. The van der Waals surface area contributed by atoms with Crippen LogP contribution in [0.4, 0.5) is 0 Å². The fourth-order valence-electron chi connectivity index (χ4n) is 2.15. The van der Waals surface area contributed by atoms with Gasteiger partial charge in [0, 0.05) is 20.3 Å². The molecule has 2 nitrogen and oxygen atoms in total. The average Bonchev–Trinajstić information content (AvgIpc) is 2.86. The first kappa shape index (κ1) is 12.0. The highest BCUT2D eigenvalue weighted by molar-refractivity contribution is 4.94. The summed E-state index contributed by atoms with van der Waals surface area (Å²) in [4.78, 5) is 0. The maximum absolute atomic E-state index is 5.11. The van der Waals surface area contributed by atoms with Crippen LogP contribution in [0.15, 0.2) is 0 Å². The lowest BCUT2D eigenvalue weighted by atomic mass is 10.0. The van der Waals surface area contributed by atoms with Crippen LogP contribution in [0.25, 0.3) is 0 Å². The average molecular weight is 199 g/mol. The number of rotatable bonds is 8. The lowest BCUT2D eigenvalue weighted by Gasteiger charge is -2.17. The van der Waals surface area contributed by atoms with Crippen LogP contribution in [0.3, 0.4) is 0 Å². The van der Waals surface area contributed by atoms with Gasteiger partial charge in [0.25, 0.3) is 0 Å². The molecule has 14 heavy (non-hydrogen) atoms. The van der Waals surface area contributed by atoms with Crippen molar-refractivity contribution >= 4 is 0 Å². The van der Waals surface area contributed by atoms with Crippen molar-refractivity contribution in [1.82, 2.24) is 5.32 Å². The van der Waals surface area contributed by atoms with E-state index in [0.29, 0.717) is 11.3 Å². The Hall–Kier alpha value is -0.0800. The van der Waals surface area contributed by atoms with Crippen molar-refractivity contribution in [3.8, 4) is 0 Å². The van der Waals surface area contributed by atoms with E-state index >= 15 is 0 Å². The molecule has 2 heteroatoms. The Morgan fingerprint density at radius 1 is 1.43 bits per heavy atom. The summed E-state index contributed by atoms with van der Waals surface area (Å²) in [5.41, 5.74) is 0.682. The highest BCUT2D eigenvalue weighted by Gasteiger charge is 2.40. The summed E-state index contributed by atoms with van der Waals surface area (Å²) in [6.45, 7) is 7.70. The second kappa shape index (κ2) is 5.72. The van der Waals surface area contributed by atoms with Crippen molar-refractivity contribution in [1.29, 1.82) is 0 Å². The quantitative estimate of drug-likeness (QED) is 0.648. The molecule has 1 aliphatic carbocycles. The van der Waals surface area contributed by atoms with Crippen LogP contribution in [0.2, 0.25) is 0 Å². The van der Waals surface area contributed by atoms with Gasteiger partial charge >= 0.3 is 0 Å². The number of hydrogen-bond donors (Lipinski definition) is 1. The lowest BCUT2D eigenvalue weighted by Crippen LogP contribution is -2.29. The molecular formula is C12H25NO. The number of hydrogen-bond acceptors (Lipinski definition) is 2. The van der Waals surface area contributed by atoms with Gasteiger partial charge in [-0.1, -0.05) is 20.3 Å². The van der Waals surface area contributed by atoms with Crippen LogP contribution < -0.4 is 5.32 Å². The third-order valence-electron chi connectivity index (χ3n) is 3.18. The second-order valence-electron chi connectivity index (χ2n) is 4.94. The van der Waals surface area contributed by atoms with E-state index in [9.17, 15) is 0 Å². The van der Waals surface area contributed by atoms with E-state index < -0.39 is 0 Å². The van der Waals surface area contributed by atoms with Gasteiger partial charge in [0.1, 0.15) is 0 Å². The van der Waals surface area contributed by atoms with Crippen LogP contribution in [-0.4, -0.2) is 26.8 Å². The smallest absolute Gasteiger partial charge is 0.0499 e. The van der Waals surface area contributed by atoms with Crippen LogP contribution >= 0.6 is 0 Å². The lowest BCUT2D eigenvalue weighted by molar-refractivity contribution is 0.157. The van der Waals surface area contributed by atoms with Crippen LogP contribution in [0, 0.1) is 11.3 Å². The highest BCUT2D eigenvalue weighted by atomic mass is 16.5. The molecule has 0 aliphatic heterocycles. The molecule has 1 fully saturated rings. The summed E-state index contributed by atoms with van der Waals surface area (Å²) < 4.78 is 5.11. The van der Waals surface area contributed by atoms with Gasteiger partial charge in [-0.15, -0.1) is 0 Å². The minimum Gasteiger partial charge on any atom is -0.384 e. The first-order valence-corrected chi connectivity index (χ1v) is 5.92. The molecule has 0 aromatic rings. The van der Waals surface area contributed by atoms with Crippen LogP contribution in [0.5, 0.6) is 0 Å². The van der Waals surface area contributed by atoms with Crippen molar-refractivity contribution in [2.75, 3.05) is 26.8 Å². The number of ether oxygens (including phenoxy) is 1. The Morgan fingerprint density at radius 2 is 2.14 bits per heavy atom. The summed E-state index contributed by atoms with van der Waals surface area (Å²) >= 11 is 0. The van der Waals surface area contributed by atoms with E-state index in [1.54, 1.807) is 7.11 Å². The van der Waals surface area contributed by atoms with Crippen molar-refractivity contribution in [3.63, 3.8) is 0 Å². The molecule has 0 aromatic carbocycles. The van der Waals surface area contributed by atoms with Gasteiger partial charge in [-0.2, -0.15) is 0 Å². The zero-order valence-corrected chi connectivity index (χ0v) is 9.94. The number of methoxy groups -OCH3 is 1. The Labute approximate surface area is 88.4 Å². The first-order valence-electron chi connectivity index (χ1n) is 5.92. The fraction of sp³-hybridized carbons (Fsp3) is 1.00. The van der Waals surface area contributed by atoms with Gasteiger partial charge in [-0.25, -0.2) is 0 Å². The van der Waals surface area contributed by atoms with E-state index in [4.69, 9.17) is 4.74 Å². The predicted molar refractivity (Wildman–Crippen MR) is 60.5 cm³/mol. The van der Waals surface area contributed by atoms with E-state index in [0.717, 1.165) is 13.2 Å². The van der Waals surface area contributed by atoms with Gasteiger partial charge in [0.2, 0.25) is 0 Å². The van der Waals surface area contributed by atoms with Gasteiger partial charge in [0.05, 0.1) is 0 Å². The molecule has 0 amide bonds. The molecule has 0 aromatic heterocycles. The highest BCUT2D eigenvalue weighted by Crippen LogP contribution is 2.48. The van der Waals surface area contributed by atoms with E-state index in [2.05, 4.69) is 19.2 Å². The topological polar surface area (TPSA) is 21.3 Å². The maximum atomic E-state index is 5.11. The van der Waals surface area contributed by atoms with Gasteiger partial charge < -0.3 is 10.1 Å². The molecular weight excluding hydrogens is 174 g/mol. The van der Waals surface area contributed by atoms with E-state index in [-0.39, 0.29) is 0 Å². The Balaban J connectivity index is 2.03. The largest absolute Gasteiger partial charge is 0.384 e. The normalized spacial score (nSPS) is 20.8. The van der Waals surface area contributed by atoms with E-state index in [1.165, 1.54) is 32.2 Å². The Kier molecular flexibility index (Phi) is 4.90. The van der Waals surface area contributed by atoms with Crippen molar-refractivity contribution in [3.05, 3.63) is 0 Å². The molecule has 1 N–H and O–H groups in total. The molecule has 1 unspecified atom stereocenters. The molecule has 0 heterocycles. The molecule has 0 saturated heterocycles. The fourth-order valence-corrected chi connectivity index (χ4v) is 2.15. The van der Waals surface area contributed by atoms with E-state index in [1.807, 2.05) is 0 Å². The van der Waals surface area contributed by atoms with Gasteiger partial charge in [0.15, 0.2) is 0 Å². The monoisotopic (exact) mass is 199 g/mol. The predicted octanol–water partition coefficient (Wildman–Crippen LogP) is 2.44. The first-order chi connectivity index (χ1) is 6.72. The second-order valence-corrected chi connectivity index (χ2v) is 4.94. The summed E-state index contributed by atoms with van der Waals surface area (Å²) in [7, 11) is 1.77. The molecule has 0 bridgehead atoms. The summed E-state index contributed by atoms with van der Waals surface area (Å²) in [6.07, 6.45) is 5.60. The SMILES string of the molecule is CCCC1(CNCC(C)COC)CC1. The molecule has 1 atom stereocenters. The molecule has 84 valence electrons. The van der Waals surface area contributed by atoms with Crippen molar-refractivity contribution in [2.24, 2.45) is 11.3 Å². The van der Waals surface area contributed by atoms with Crippen LogP contribution in [-0.2, 0) is 4.74 Å². The van der Waals surface area contributed by atoms with Crippen molar-refractivity contribution in [2.45, 2.75) is 39.5 Å². The zero-order valence-electron chi connectivity index (χ0n) is 9.94. The molecule has 0 spiro atoms. The third-order valence-corrected chi connectivity index (χ3v) is 3.18. The number of nitrogens with one attached hydrogen (secondary N) is 1. The minimum absolute atomic E-state index is 0.637. The van der Waals surface area contributed by atoms with Gasteiger partial charge in [-0.05, 0) is 37.1 Å². The summed E-state index contributed by atoms with van der Waals surface area (Å²) in [5.74, 6) is 0.637. The van der Waals surface area contributed by atoms with Crippen molar-refractivity contribution < 1.29 is 4.74 Å². The van der Waals surface area contributed by atoms with Gasteiger partial charge in [-0.3, -0.25) is 0 Å². The Morgan fingerprint density at radius 3 is 2.64 bits per heavy atom. The van der Waals surface area contributed by atoms with Crippen LogP contribution in [0.1, 0.15) is 39.5 Å². The zero-order chi connectivity index (χ0) is 10.4. The summed E-state index contributed by atoms with van der Waals surface area (Å²) in [6, 6.07) is 0. The minimum atomic E-state index is 0.637. The molecule has 1 aliphatic rings. The third kappa shape index (κ3) is 3.97. The summed E-state index contributed by atoms with van der Waals surface area (Å²) in [5, 5.41) is 3.58.